The monoisotopic (exact) mass is 1030 g/mol. The first-order valence-electron chi connectivity index (χ1n) is 22.7. The standard InChI is InChI=1S/C25H28F3N3O6.C24H26F3N3O6/c1-24(2,3)37-23(35)31-10-9-19(33)21(31)18(32)7-5-14-11-17(29-13-16(14)22(34)36-4)15-6-8-20(30-12-15)25(26,27)28;1-23(2,3)36-22(35)30-9-8-18(32)20(30)17(31)6-4-13-10-16(28-12-15(13)21(33)34)14-5-7-19(29-11-14)24(25,26)27/h6,8,11-13,19,21,33H,5,7,9-10H2,1-4H3;5,7,10-12,18,20,32H,4,6,8-9H2,1-3H3,(H,33,34)/t19-,21-;18-,20-/m11/s1. The van der Waals surface area contributed by atoms with Crippen LogP contribution in [-0.2, 0) is 49.0 Å². The molecule has 4 aromatic heterocycles. The summed E-state index contributed by atoms with van der Waals surface area (Å²) in [5.74, 6) is -2.90. The average Bonchev–Trinajstić information content (AvgIpc) is 3.90. The molecule has 24 heteroatoms. The van der Waals surface area contributed by atoms with E-state index in [0.29, 0.717) is 5.56 Å². The Morgan fingerprint density at radius 3 is 1.32 bits per heavy atom. The second-order valence-electron chi connectivity index (χ2n) is 19.0. The van der Waals surface area contributed by atoms with E-state index in [2.05, 4.69) is 19.9 Å². The van der Waals surface area contributed by atoms with Crippen molar-refractivity contribution in [2.45, 2.75) is 128 Å². The number of amides is 2. The predicted molar refractivity (Wildman–Crippen MR) is 245 cm³/mol. The predicted octanol–water partition coefficient (Wildman–Crippen LogP) is 7.55. The van der Waals surface area contributed by atoms with Crippen LogP contribution < -0.4 is 0 Å². The molecule has 0 aromatic carbocycles. The number of esters is 1. The van der Waals surface area contributed by atoms with Gasteiger partial charge in [-0.2, -0.15) is 26.3 Å². The third-order valence-electron chi connectivity index (χ3n) is 11.2. The number of carboxylic acids is 1. The summed E-state index contributed by atoms with van der Waals surface area (Å²) in [5, 5.41) is 30.2. The maximum atomic E-state index is 13.1. The molecule has 18 nitrogen and oxygen atoms in total. The zero-order valence-electron chi connectivity index (χ0n) is 40.7. The van der Waals surface area contributed by atoms with Crippen molar-refractivity contribution < 1.29 is 84.6 Å². The zero-order valence-corrected chi connectivity index (χ0v) is 40.7. The van der Waals surface area contributed by atoms with Crippen molar-refractivity contribution in [3.05, 3.63) is 94.8 Å². The Morgan fingerprint density at radius 1 is 0.603 bits per heavy atom. The van der Waals surface area contributed by atoms with Crippen molar-refractivity contribution in [2.75, 3.05) is 20.2 Å². The minimum absolute atomic E-state index is 0.0260. The number of rotatable bonds is 12. The van der Waals surface area contributed by atoms with E-state index in [-0.39, 0.29) is 90.8 Å². The summed E-state index contributed by atoms with van der Waals surface area (Å²) < 4.78 is 92.4. The molecule has 0 aliphatic carbocycles. The van der Waals surface area contributed by atoms with E-state index >= 15 is 0 Å². The third kappa shape index (κ3) is 15.0. The van der Waals surface area contributed by atoms with Gasteiger partial charge < -0.3 is 29.5 Å². The van der Waals surface area contributed by atoms with Gasteiger partial charge in [-0.25, -0.2) is 19.2 Å². The fraction of sp³-hybridized carbons (Fsp3) is 0.469. The molecule has 3 N–H and O–H groups in total. The number of likely N-dealkylation sites (tertiary alicyclic amines) is 2. The number of alkyl halides is 6. The molecule has 6 rings (SSSR count). The maximum Gasteiger partial charge on any atom is 0.433 e. The normalized spacial score (nSPS) is 18.1. The number of aromatic nitrogens is 4. The molecule has 0 radical (unpaired) electrons. The minimum Gasteiger partial charge on any atom is -0.478 e. The Labute approximate surface area is 414 Å². The molecule has 2 aliphatic rings. The molecule has 73 heavy (non-hydrogen) atoms. The number of pyridine rings is 4. The fourth-order valence-corrected chi connectivity index (χ4v) is 7.83. The van der Waals surface area contributed by atoms with Gasteiger partial charge >= 0.3 is 36.5 Å². The van der Waals surface area contributed by atoms with Crippen LogP contribution in [0.3, 0.4) is 0 Å². The molecule has 2 amide bonds. The Morgan fingerprint density at radius 2 is 0.986 bits per heavy atom. The van der Waals surface area contributed by atoms with Crippen LogP contribution in [0.1, 0.15) is 110 Å². The molecule has 0 spiro atoms. The van der Waals surface area contributed by atoms with Gasteiger partial charge in [-0.05, 0) is 115 Å². The summed E-state index contributed by atoms with van der Waals surface area (Å²) in [6.07, 6.45) is -8.48. The number of ketones is 2. The van der Waals surface area contributed by atoms with Gasteiger partial charge in [0, 0.05) is 61.8 Å². The molecule has 0 bridgehead atoms. The number of carbonyl (C=O) groups excluding carboxylic acids is 5. The van der Waals surface area contributed by atoms with Crippen LogP contribution in [0.15, 0.2) is 61.2 Å². The van der Waals surface area contributed by atoms with Gasteiger partial charge in [0.25, 0.3) is 0 Å². The number of carboxylic acid groups (broad SMARTS) is 1. The zero-order chi connectivity index (χ0) is 54.4. The van der Waals surface area contributed by atoms with Gasteiger partial charge in [-0.15, -0.1) is 0 Å². The Balaban J connectivity index is 0.000000271. The molecule has 2 fully saturated rings. The van der Waals surface area contributed by atoms with Crippen molar-refractivity contribution >= 4 is 35.7 Å². The third-order valence-corrected chi connectivity index (χ3v) is 11.2. The first-order valence-corrected chi connectivity index (χ1v) is 22.7. The molecule has 0 saturated carbocycles. The first kappa shape index (κ1) is 56.8. The highest BCUT2D eigenvalue weighted by molar-refractivity contribution is 5.93. The highest BCUT2D eigenvalue weighted by atomic mass is 19.4. The molecule has 394 valence electrons. The molecule has 4 atom stereocenters. The van der Waals surface area contributed by atoms with E-state index in [1.54, 1.807) is 41.5 Å². The van der Waals surface area contributed by atoms with Crippen LogP contribution in [-0.4, -0.2) is 136 Å². The van der Waals surface area contributed by atoms with E-state index in [1.807, 2.05) is 0 Å². The van der Waals surface area contributed by atoms with Crippen LogP contribution in [0, 0.1) is 0 Å². The molecule has 2 saturated heterocycles. The van der Waals surface area contributed by atoms with Crippen LogP contribution in [0.2, 0.25) is 0 Å². The van der Waals surface area contributed by atoms with Gasteiger partial charge in [-0.3, -0.25) is 39.3 Å². The maximum absolute atomic E-state index is 13.1. The number of ether oxygens (including phenoxy) is 3. The van der Waals surface area contributed by atoms with Crippen molar-refractivity contribution in [1.82, 2.24) is 29.7 Å². The quantitative estimate of drug-likeness (QED) is 0.0704. The Kier molecular flexibility index (Phi) is 17.7. The van der Waals surface area contributed by atoms with Crippen molar-refractivity contribution in [3.63, 3.8) is 0 Å². The van der Waals surface area contributed by atoms with Crippen LogP contribution in [0.5, 0.6) is 0 Å². The Bertz CT molecular complexity index is 2670. The highest BCUT2D eigenvalue weighted by Crippen LogP contribution is 2.32. The summed E-state index contributed by atoms with van der Waals surface area (Å²) >= 11 is 0. The molecular weight excluding hydrogens is 979 g/mol. The second-order valence-corrected chi connectivity index (χ2v) is 19.0. The van der Waals surface area contributed by atoms with E-state index in [1.165, 1.54) is 47.4 Å². The fourth-order valence-electron chi connectivity index (χ4n) is 7.83. The van der Waals surface area contributed by atoms with Crippen molar-refractivity contribution in [2.24, 2.45) is 0 Å². The number of halogens is 6. The van der Waals surface area contributed by atoms with E-state index < -0.39 is 94.9 Å². The number of aliphatic hydroxyl groups excluding tert-OH is 2. The lowest BCUT2D eigenvalue weighted by Crippen LogP contribution is -2.47. The molecule has 4 aromatic rings. The largest absolute Gasteiger partial charge is 0.478 e. The lowest BCUT2D eigenvalue weighted by molar-refractivity contribution is -0.141. The van der Waals surface area contributed by atoms with Gasteiger partial charge in [0.05, 0.1) is 41.8 Å². The van der Waals surface area contributed by atoms with Crippen molar-refractivity contribution in [1.29, 1.82) is 0 Å². The SMILES string of the molecule is CC(C)(C)OC(=O)N1CC[C@@H](O)[C@H]1C(=O)CCc1cc(-c2ccc(C(F)(F)F)nc2)ncc1C(=O)O.COC(=O)c1cnc(-c2ccc(C(F)(F)F)nc2)cc1CCC(=O)[C@@H]1[C@H](O)CCN1C(=O)OC(C)(C)C. The number of aromatic carboxylic acids is 1. The summed E-state index contributed by atoms with van der Waals surface area (Å²) in [6, 6.07) is 4.60. The van der Waals surface area contributed by atoms with Gasteiger partial charge in [-0.1, -0.05) is 0 Å². The number of Topliss-reactive ketones (excluding diaryl/α,β-unsaturated/α-hetero) is 2. The second kappa shape index (κ2) is 22.8. The number of methoxy groups -OCH3 is 1. The van der Waals surface area contributed by atoms with Gasteiger partial charge in [0.2, 0.25) is 0 Å². The average molecular weight is 1030 g/mol. The van der Waals surface area contributed by atoms with Crippen LogP contribution in [0.4, 0.5) is 35.9 Å². The van der Waals surface area contributed by atoms with E-state index in [9.17, 15) is 70.4 Å². The summed E-state index contributed by atoms with van der Waals surface area (Å²) in [6.45, 7) is 10.4. The summed E-state index contributed by atoms with van der Waals surface area (Å²) in [7, 11) is 1.18. The number of carbonyl (C=O) groups is 6. The van der Waals surface area contributed by atoms with Gasteiger partial charge in [0.1, 0.15) is 34.7 Å². The van der Waals surface area contributed by atoms with Crippen LogP contribution >= 0.6 is 0 Å². The van der Waals surface area contributed by atoms with E-state index in [4.69, 9.17) is 14.2 Å². The minimum atomic E-state index is -4.61. The first-order chi connectivity index (χ1) is 33.9. The topological polar surface area (TPSA) is 249 Å². The number of hydrogen-bond acceptors (Lipinski definition) is 15. The lowest BCUT2D eigenvalue weighted by atomic mass is 9.97. The highest BCUT2D eigenvalue weighted by Gasteiger charge is 2.44. The molecule has 2 aliphatic heterocycles. The number of aliphatic hydroxyl groups is 2. The molecular formula is C49H54F6N6O12. The lowest BCUT2D eigenvalue weighted by Gasteiger charge is -2.28. The Hall–Kier alpha value is -7.08. The van der Waals surface area contributed by atoms with Gasteiger partial charge in [0.15, 0.2) is 11.6 Å². The number of nitrogens with zero attached hydrogens (tertiary/aromatic N) is 6. The summed E-state index contributed by atoms with van der Waals surface area (Å²) in [5.41, 5.74) is -2.30. The molecule has 6 heterocycles. The van der Waals surface area contributed by atoms with Crippen LogP contribution in [0.25, 0.3) is 22.5 Å². The smallest absolute Gasteiger partial charge is 0.433 e. The number of aryl methyl sites for hydroxylation is 2. The summed E-state index contributed by atoms with van der Waals surface area (Å²) in [4.78, 5) is 92.4. The van der Waals surface area contributed by atoms with E-state index in [0.717, 1.165) is 30.7 Å². The molecule has 0 unspecified atom stereocenters. The number of hydrogen-bond donors (Lipinski definition) is 3. The van der Waals surface area contributed by atoms with Crippen molar-refractivity contribution in [3.8, 4) is 22.5 Å².